The number of fused-ring (bicyclic) bond motifs is 6. The molecule has 5 heterocycles. The average molecular weight is 495 g/mol. The maximum Gasteiger partial charge on any atom is 0.417 e. The predicted molar refractivity (Wildman–Crippen MR) is 129 cm³/mol. The zero-order valence-electron chi connectivity index (χ0n) is 19.7. The maximum absolute atomic E-state index is 12.9. The third-order valence-corrected chi connectivity index (χ3v) is 7.33. The molecule has 1 saturated heterocycles. The van der Waals surface area contributed by atoms with E-state index in [2.05, 4.69) is 28.0 Å². The third kappa shape index (κ3) is 3.97. The van der Waals surface area contributed by atoms with Gasteiger partial charge in [-0.25, -0.2) is 0 Å². The Bertz CT molecular complexity index is 1500. The molecule has 186 valence electrons. The van der Waals surface area contributed by atoms with E-state index in [0.29, 0.717) is 23.5 Å². The van der Waals surface area contributed by atoms with Crippen LogP contribution in [-0.4, -0.2) is 20.2 Å². The number of ether oxygens (including phenoxy) is 1. The first-order valence-corrected chi connectivity index (χ1v) is 12.0. The van der Waals surface area contributed by atoms with Gasteiger partial charge in [-0.1, -0.05) is 6.07 Å². The van der Waals surface area contributed by atoms with Crippen LogP contribution in [0, 0.1) is 0 Å². The lowest BCUT2D eigenvalue weighted by atomic mass is 9.84. The molecule has 2 unspecified atom stereocenters. The van der Waals surface area contributed by atoms with Crippen LogP contribution in [0.5, 0.6) is 5.75 Å². The summed E-state index contributed by atoms with van der Waals surface area (Å²) in [7, 11) is 2.10. The molecular weight excluding hydrogens is 469 g/mol. The highest BCUT2D eigenvalue weighted by Crippen LogP contribution is 2.40. The summed E-state index contributed by atoms with van der Waals surface area (Å²) in [6.45, 7) is -0.0430. The highest BCUT2D eigenvalue weighted by atomic mass is 19.4. The molecule has 2 bridgehead atoms. The van der Waals surface area contributed by atoms with Crippen molar-refractivity contribution in [2.75, 3.05) is 0 Å². The van der Waals surface area contributed by atoms with Crippen LogP contribution in [-0.2, 0) is 26.3 Å². The molecule has 1 aromatic carbocycles. The number of nitrogens with one attached hydrogen (secondary N) is 1. The highest BCUT2D eigenvalue weighted by molar-refractivity contribution is 5.88. The SMILES string of the molecule is Cn1c2c(c3ccc(-n4ccc(OCc5ccc(C(F)(F)F)cn5)cc4=O)cc31)C1CCCC(C2)N1. The van der Waals surface area contributed by atoms with E-state index in [1.54, 1.807) is 16.8 Å². The largest absolute Gasteiger partial charge is 0.487 e. The molecule has 3 aromatic heterocycles. The number of alkyl halides is 3. The molecule has 4 aromatic rings. The Morgan fingerprint density at radius 2 is 2.00 bits per heavy atom. The smallest absolute Gasteiger partial charge is 0.417 e. The number of hydrogen-bond donors (Lipinski definition) is 1. The molecule has 9 heteroatoms. The van der Waals surface area contributed by atoms with Crippen molar-refractivity contribution < 1.29 is 17.9 Å². The summed E-state index contributed by atoms with van der Waals surface area (Å²) in [6, 6.07) is 12.3. The number of benzene rings is 1. The number of hydrogen-bond acceptors (Lipinski definition) is 4. The monoisotopic (exact) mass is 494 g/mol. The van der Waals surface area contributed by atoms with Gasteiger partial charge in [-0.3, -0.25) is 14.3 Å². The fourth-order valence-corrected chi connectivity index (χ4v) is 5.53. The van der Waals surface area contributed by atoms with Crippen molar-refractivity contribution in [3.63, 3.8) is 0 Å². The topological polar surface area (TPSA) is 61.1 Å². The average Bonchev–Trinajstić information content (AvgIpc) is 3.14. The van der Waals surface area contributed by atoms with Crippen molar-refractivity contribution in [1.82, 2.24) is 19.4 Å². The lowest BCUT2D eigenvalue weighted by Gasteiger charge is -2.36. The standard InChI is InChI=1S/C27H25F3N4O2/c1-33-23-12-19(7-8-21(23)26-22-4-2-3-17(32-22)11-24(26)33)34-10-9-20(13-25(34)35)36-15-18-6-5-16(14-31-18)27(28,29)30/h5-10,12-14,17,22,32H,2-4,11,15H2,1H3. The molecule has 0 saturated carbocycles. The normalized spacial score (nSPS) is 19.3. The zero-order valence-corrected chi connectivity index (χ0v) is 19.7. The van der Waals surface area contributed by atoms with Crippen molar-refractivity contribution in [3.8, 4) is 11.4 Å². The summed E-state index contributed by atoms with van der Waals surface area (Å²) in [6.07, 6.45) is 2.61. The Morgan fingerprint density at radius 3 is 2.75 bits per heavy atom. The van der Waals surface area contributed by atoms with Crippen molar-refractivity contribution >= 4 is 10.9 Å². The van der Waals surface area contributed by atoms with Gasteiger partial charge in [0.25, 0.3) is 5.56 Å². The summed E-state index contributed by atoms with van der Waals surface area (Å²) >= 11 is 0. The van der Waals surface area contributed by atoms with Crippen LogP contribution in [0.2, 0.25) is 0 Å². The number of nitrogens with zero attached hydrogens (tertiary/aromatic N) is 3. The molecule has 2 aliphatic rings. The van der Waals surface area contributed by atoms with Crippen LogP contribution in [0.25, 0.3) is 16.6 Å². The second-order valence-electron chi connectivity index (χ2n) is 9.57. The van der Waals surface area contributed by atoms with Crippen molar-refractivity contribution in [3.05, 3.63) is 87.7 Å². The number of pyridine rings is 2. The summed E-state index contributed by atoms with van der Waals surface area (Å²) in [4.78, 5) is 16.7. The van der Waals surface area contributed by atoms with Crippen LogP contribution in [0.15, 0.2) is 59.7 Å². The van der Waals surface area contributed by atoms with Gasteiger partial charge in [0.15, 0.2) is 0 Å². The molecule has 36 heavy (non-hydrogen) atoms. The van der Waals surface area contributed by atoms with Gasteiger partial charge in [-0.15, -0.1) is 0 Å². The van der Waals surface area contributed by atoms with Gasteiger partial charge in [0.05, 0.1) is 22.5 Å². The van der Waals surface area contributed by atoms with Gasteiger partial charge in [-0.05, 0) is 55.2 Å². The first-order valence-electron chi connectivity index (χ1n) is 12.0. The minimum atomic E-state index is -4.44. The fraction of sp³-hybridized carbons (Fsp3) is 0.333. The quantitative estimate of drug-likeness (QED) is 0.431. The van der Waals surface area contributed by atoms with Gasteiger partial charge >= 0.3 is 6.18 Å². The van der Waals surface area contributed by atoms with Gasteiger partial charge in [-0.2, -0.15) is 13.2 Å². The molecule has 2 atom stereocenters. The Balaban J connectivity index is 1.24. The van der Waals surface area contributed by atoms with E-state index < -0.39 is 11.7 Å². The molecule has 1 N–H and O–H groups in total. The van der Waals surface area contributed by atoms with E-state index in [1.807, 2.05) is 12.1 Å². The number of rotatable bonds is 4. The third-order valence-electron chi connectivity index (χ3n) is 7.33. The van der Waals surface area contributed by atoms with Crippen LogP contribution < -0.4 is 15.6 Å². The number of piperidine rings is 1. The first kappa shape index (κ1) is 22.8. The molecule has 2 aliphatic heterocycles. The first-order chi connectivity index (χ1) is 17.3. The van der Waals surface area contributed by atoms with Crippen LogP contribution in [0.4, 0.5) is 13.2 Å². The number of halogens is 3. The second-order valence-corrected chi connectivity index (χ2v) is 9.57. The van der Waals surface area contributed by atoms with Crippen LogP contribution >= 0.6 is 0 Å². The second kappa shape index (κ2) is 8.51. The Morgan fingerprint density at radius 1 is 1.14 bits per heavy atom. The molecule has 6 nitrogen and oxygen atoms in total. The maximum atomic E-state index is 12.9. The van der Waals surface area contributed by atoms with E-state index >= 15 is 0 Å². The van der Waals surface area contributed by atoms with Gasteiger partial charge in [0.2, 0.25) is 0 Å². The van der Waals surface area contributed by atoms with E-state index in [0.717, 1.165) is 36.3 Å². The summed E-state index contributed by atoms with van der Waals surface area (Å²) in [5.41, 5.74) is 3.90. The van der Waals surface area contributed by atoms with E-state index in [1.165, 1.54) is 41.6 Å². The Labute approximate surface area is 205 Å². The van der Waals surface area contributed by atoms with Crippen LogP contribution in [0.1, 0.15) is 47.8 Å². The molecule has 0 amide bonds. The molecule has 1 fully saturated rings. The van der Waals surface area contributed by atoms with Crippen molar-refractivity contribution in [2.24, 2.45) is 7.05 Å². The lowest BCUT2D eigenvalue weighted by Crippen LogP contribution is -2.42. The van der Waals surface area contributed by atoms with Crippen molar-refractivity contribution in [2.45, 2.75) is 50.6 Å². The highest BCUT2D eigenvalue weighted by Gasteiger charge is 2.33. The van der Waals surface area contributed by atoms with E-state index in [4.69, 9.17) is 4.74 Å². The minimum Gasteiger partial charge on any atom is -0.487 e. The zero-order chi connectivity index (χ0) is 25.0. The van der Waals surface area contributed by atoms with Gasteiger partial charge < -0.3 is 14.6 Å². The number of aryl methyl sites for hydroxylation is 1. The van der Waals surface area contributed by atoms with E-state index in [9.17, 15) is 18.0 Å². The van der Waals surface area contributed by atoms with Gasteiger partial charge in [0.1, 0.15) is 12.4 Å². The van der Waals surface area contributed by atoms with Gasteiger partial charge in [0, 0.05) is 55.1 Å². The van der Waals surface area contributed by atoms with E-state index in [-0.39, 0.29) is 12.2 Å². The minimum absolute atomic E-state index is 0.0430. The molecular formula is C27H25F3N4O2. The summed E-state index contributed by atoms with van der Waals surface area (Å²) in [5, 5.41) is 5.00. The Hall–Kier alpha value is -3.59. The molecule has 6 rings (SSSR count). The fourth-order valence-electron chi connectivity index (χ4n) is 5.53. The summed E-state index contributed by atoms with van der Waals surface area (Å²) in [5.74, 6) is 0.326. The molecule has 0 aliphatic carbocycles. The summed E-state index contributed by atoms with van der Waals surface area (Å²) < 4.78 is 47.5. The molecule has 0 radical (unpaired) electrons. The number of aromatic nitrogens is 3. The van der Waals surface area contributed by atoms with Crippen LogP contribution in [0.3, 0.4) is 0 Å². The van der Waals surface area contributed by atoms with Crippen molar-refractivity contribution in [1.29, 1.82) is 0 Å². The lowest BCUT2D eigenvalue weighted by molar-refractivity contribution is -0.137. The predicted octanol–water partition coefficient (Wildman–Crippen LogP) is 5.06. The Kier molecular flexibility index (Phi) is 5.40. The molecule has 0 spiro atoms.